The summed E-state index contributed by atoms with van der Waals surface area (Å²) in [5.74, 6) is -0.675. The van der Waals surface area contributed by atoms with Crippen molar-refractivity contribution < 1.29 is 10.0 Å². The molecule has 5 rings (SSSR count). The van der Waals surface area contributed by atoms with E-state index in [4.69, 9.17) is 0 Å². The van der Waals surface area contributed by atoms with Gasteiger partial charge in [0.05, 0.1) is 4.92 Å². The van der Waals surface area contributed by atoms with E-state index in [0.717, 1.165) is 32.9 Å². The fourth-order valence-electron chi connectivity index (χ4n) is 4.04. The number of nitrogens with zero attached hydrogens (tertiary/aromatic N) is 1. The molecule has 0 aliphatic carbocycles. The Morgan fingerprint density at radius 1 is 0.759 bits per heavy atom. The SMILES string of the molecule is O=[N+]([O-])c1ccc([O-])c(C(c2c[nH]c3ccccc23)c2c[nH]c3ccccc23)c1. The van der Waals surface area contributed by atoms with Gasteiger partial charge in [-0.3, -0.25) is 10.1 Å². The maximum absolute atomic E-state index is 12.9. The van der Waals surface area contributed by atoms with Gasteiger partial charge in [-0.25, -0.2) is 0 Å². The van der Waals surface area contributed by atoms with Gasteiger partial charge in [0.2, 0.25) is 0 Å². The van der Waals surface area contributed by atoms with Crippen LogP contribution in [-0.4, -0.2) is 14.9 Å². The number of non-ortho nitro benzene ring substituents is 1. The van der Waals surface area contributed by atoms with E-state index in [1.807, 2.05) is 60.9 Å². The van der Waals surface area contributed by atoms with Gasteiger partial charge in [-0.05, 0) is 28.8 Å². The lowest BCUT2D eigenvalue weighted by Gasteiger charge is -2.23. The summed E-state index contributed by atoms with van der Waals surface area (Å²) in [5, 5.41) is 26.2. The van der Waals surface area contributed by atoms with Crippen molar-refractivity contribution in [1.82, 2.24) is 9.97 Å². The van der Waals surface area contributed by atoms with Gasteiger partial charge in [-0.1, -0.05) is 42.5 Å². The lowest BCUT2D eigenvalue weighted by Crippen LogP contribution is -2.07. The van der Waals surface area contributed by atoms with Gasteiger partial charge in [-0.2, -0.15) is 0 Å². The highest BCUT2D eigenvalue weighted by molar-refractivity contribution is 5.89. The molecule has 0 spiro atoms. The molecule has 2 aromatic heterocycles. The predicted molar refractivity (Wildman–Crippen MR) is 110 cm³/mol. The number of hydrogen-bond donors (Lipinski definition) is 2. The van der Waals surface area contributed by atoms with Crippen LogP contribution in [0.5, 0.6) is 5.75 Å². The Hall–Kier alpha value is -4.06. The van der Waals surface area contributed by atoms with Crippen LogP contribution in [0.3, 0.4) is 0 Å². The predicted octanol–water partition coefficient (Wildman–Crippen LogP) is 4.81. The highest BCUT2D eigenvalue weighted by Crippen LogP contribution is 2.42. The van der Waals surface area contributed by atoms with E-state index in [-0.39, 0.29) is 11.4 Å². The third-order valence-electron chi connectivity index (χ3n) is 5.38. The molecule has 0 saturated carbocycles. The molecule has 0 fully saturated rings. The molecule has 0 bridgehead atoms. The number of nitrogens with one attached hydrogen (secondary N) is 2. The maximum atomic E-state index is 12.9. The number of aromatic amines is 2. The van der Waals surface area contributed by atoms with Crippen molar-refractivity contribution in [2.24, 2.45) is 0 Å². The van der Waals surface area contributed by atoms with Gasteiger partial charge in [0, 0.05) is 52.3 Å². The molecule has 6 heteroatoms. The number of rotatable bonds is 4. The minimum Gasteiger partial charge on any atom is -0.872 e. The summed E-state index contributed by atoms with van der Waals surface area (Å²) in [6.45, 7) is 0. The third-order valence-corrected chi connectivity index (χ3v) is 5.38. The standard InChI is InChI=1S/C23H17N3O3/c27-22-10-9-14(26(28)29)11-17(22)23(18-12-24-20-7-3-1-5-15(18)20)19-13-25-21-8-4-2-6-16(19)21/h1-13,23-25,27H/p-1. The van der Waals surface area contributed by atoms with Crippen LogP contribution in [0.1, 0.15) is 22.6 Å². The van der Waals surface area contributed by atoms with Crippen molar-refractivity contribution in [2.75, 3.05) is 0 Å². The molecule has 0 aliphatic rings. The van der Waals surface area contributed by atoms with E-state index >= 15 is 0 Å². The lowest BCUT2D eigenvalue weighted by molar-refractivity contribution is -0.385. The highest BCUT2D eigenvalue weighted by Gasteiger charge is 2.25. The molecule has 0 amide bonds. The van der Waals surface area contributed by atoms with Crippen LogP contribution in [0.15, 0.2) is 79.1 Å². The van der Waals surface area contributed by atoms with Gasteiger partial charge in [0.25, 0.3) is 5.69 Å². The van der Waals surface area contributed by atoms with Gasteiger partial charge < -0.3 is 15.1 Å². The summed E-state index contributed by atoms with van der Waals surface area (Å²) >= 11 is 0. The molecule has 2 N–H and O–H groups in total. The van der Waals surface area contributed by atoms with Crippen molar-refractivity contribution in [3.63, 3.8) is 0 Å². The normalized spacial score (nSPS) is 11.5. The van der Waals surface area contributed by atoms with Gasteiger partial charge in [0.1, 0.15) is 0 Å². The Kier molecular flexibility index (Phi) is 3.84. The summed E-state index contributed by atoms with van der Waals surface area (Å²) in [5.41, 5.74) is 4.00. The van der Waals surface area contributed by atoms with E-state index in [1.165, 1.54) is 18.2 Å². The van der Waals surface area contributed by atoms with E-state index in [2.05, 4.69) is 9.97 Å². The molecule has 0 atom stereocenters. The summed E-state index contributed by atoms with van der Waals surface area (Å²) < 4.78 is 0. The number of benzene rings is 3. The molecule has 0 saturated heterocycles. The highest BCUT2D eigenvalue weighted by atomic mass is 16.6. The second-order valence-corrected chi connectivity index (χ2v) is 6.99. The second-order valence-electron chi connectivity index (χ2n) is 6.99. The Bertz CT molecular complexity index is 1290. The average Bonchev–Trinajstić information content (AvgIpc) is 3.35. The molecular weight excluding hydrogens is 366 g/mol. The number of fused-ring (bicyclic) bond motifs is 2. The first-order valence-electron chi connectivity index (χ1n) is 9.21. The average molecular weight is 382 g/mol. The van der Waals surface area contributed by atoms with Crippen LogP contribution in [-0.2, 0) is 0 Å². The molecular formula is C23H16N3O3-. The Balaban J connectivity index is 1.83. The quantitative estimate of drug-likeness (QED) is 0.345. The van der Waals surface area contributed by atoms with Crippen molar-refractivity contribution in [3.05, 3.63) is 106 Å². The fourth-order valence-corrected chi connectivity index (χ4v) is 4.04. The first-order valence-corrected chi connectivity index (χ1v) is 9.21. The molecule has 0 unspecified atom stereocenters. The van der Waals surface area contributed by atoms with Crippen molar-refractivity contribution in [1.29, 1.82) is 0 Å². The lowest BCUT2D eigenvalue weighted by atomic mass is 9.84. The zero-order valence-corrected chi connectivity index (χ0v) is 15.3. The zero-order chi connectivity index (χ0) is 20.0. The van der Waals surface area contributed by atoms with E-state index in [9.17, 15) is 15.2 Å². The molecule has 0 aliphatic heterocycles. The Labute approximate surface area is 165 Å². The molecule has 29 heavy (non-hydrogen) atoms. The van der Waals surface area contributed by atoms with Gasteiger partial charge >= 0.3 is 0 Å². The number of para-hydroxylation sites is 2. The number of H-pyrrole nitrogens is 2. The zero-order valence-electron chi connectivity index (χ0n) is 15.3. The van der Waals surface area contributed by atoms with Crippen molar-refractivity contribution >= 4 is 27.5 Å². The van der Waals surface area contributed by atoms with E-state index in [0.29, 0.717) is 5.56 Å². The summed E-state index contributed by atoms with van der Waals surface area (Å²) in [4.78, 5) is 17.4. The van der Waals surface area contributed by atoms with Crippen LogP contribution in [0.2, 0.25) is 0 Å². The number of nitro benzene ring substituents is 1. The van der Waals surface area contributed by atoms with E-state index < -0.39 is 10.8 Å². The molecule has 5 aromatic rings. The molecule has 3 aromatic carbocycles. The molecule has 0 radical (unpaired) electrons. The molecule has 6 nitrogen and oxygen atoms in total. The summed E-state index contributed by atoms with van der Waals surface area (Å²) in [6.07, 6.45) is 3.77. The number of aromatic nitrogens is 2. The Morgan fingerprint density at radius 3 is 1.86 bits per heavy atom. The molecule has 2 heterocycles. The van der Waals surface area contributed by atoms with Crippen molar-refractivity contribution in [3.8, 4) is 5.75 Å². The fraction of sp³-hybridized carbons (Fsp3) is 0.0435. The van der Waals surface area contributed by atoms with Crippen LogP contribution in [0.25, 0.3) is 21.8 Å². The van der Waals surface area contributed by atoms with Crippen LogP contribution in [0.4, 0.5) is 5.69 Å². The summed E-state index contributed by atoms with van der Waals surface area (Å²) in [6, 6.07) is 19.6. The van der Waals surface area contributed by atoms with Crippen LogP contribution >= 0.6 is 0 Å². The smallest absolute Gasteiger partial charge is 0.269 e. The van der Waals surface area contributed by atoms with E-state index in [1.54, 1.807) is 0 Å². The Morgan fingerprint density at radius 2 is 1.31 bits per heavy atom. The monoisotopic (exact) mass is 382 g/mol. The van der Waals surface area contributed by atoms with Gasteiger partial charge in [0.15, 0.2) is 0 Å². The van der Waals surface area contributed by atoms with Crippen molar-refractivity contribution in [2.45, 2.75) is 5.92 Å². The topological polar surface area (TPSA) is 97.8 Å². The largest absolute Gasteiger partial charge is 0.872 e. The minimum absolute atomic E-state index is 0.0933. The van der Waals surface area contributed by atoms with Gasteiger partial charge in [-0.15, -0.1) is 5.75 Å². The first-order chi connectivity index (χ1) is 14.1. The number of nitro groups is 1. The number of hydrogen-bond acceptors (Lipinski definition) is 3. The third kappa shape index (κ3) is 2.73. The summed E-state index contributed by atoms with van der Waals surface area (Å²) in [7, 11) is 0. The van der Waals surface area contributed by atoms with Crippen LogP contribution < -0.4 is 5.11 Å². The maximum Gasteiger partial charge on any atom is 0.269 e. The first kappa shape index (κ1) is 17.1. The minimum atomic E-state index is -0.468. The molecule has 142 valence electrons. The van der Waals surface area contributed by atoms with Crippen LogP contribution in [0, 0.1) is 10.1 Å². The second kappa shape index (κ2) is 6.53.